The molecule has 0 saturated heterocycles. The van der Waals surface area contributed by atoms with E-state index in [4.69, 9.17) is 15.2 Å². The van der Waals surface area contributed by atoms with Gasteiger partial charge in [-0.1, -0.05) is 0 Å². The van der Waals surface area contributed by atoms with Crippen LogP contribution in [0.1, 0.15) is 17.1 Å². The highest BCUT2D eigenvalue weighted by atomic mass is 16.7. The first kappa shape index (κ1) is 12.0. The van der Waals surface area contributed by atoms with E-state index < -0.39 is 0 Å². The first-order chi connectivity index (χ1) is 9.11. The lowest BCUT2D eigenvalue weighted by atomic mass is 10.0. The minimum atomic E-state index is 0.285. The van der Waals surface area contributed by atoms with Gasteiger partial charge < -0.3 is 19.8 Å². The number of imidazole rings is 1. The molecule has 2 heterocycles. The number of fused-ring (bicyclic) bond motifs is 1. The maximum absolute atomic E-state index is 5.71. The van der Waals surface area contributed by atoms with Crippen molar-refractivity contribution in [3.63, 3.8) is 0 Å². The fraction of sp³-hybridized carbons (Fsp3) is 0.357. The fourth-order valence-electron chi connectivity index (χ4n) is 2.37. The second kappa shape index (κ2) is 4.28. The van der Waals surface area contributed by atoms with Crippen LogP contribution in [0.15, 0.2) is 12.1 Å². The zero-order valence-electron chi connectivity index (χ0n) is 11.4. The van der Waals surface area contributed by atoms with Gasteiger partial charge in [-0.05, 0) is 31.5 Å². The molecular formula is C14H17N3O2. The van der Waals surface area contributed by atoms with Gasteiger partial charge in [-0.3, -0.25) is 0 Å². The molecule has 0 radical (unpaired) electrons. The van der Waals surface area contributed by atoms with Crippen molar-refractivity contribution >= 4 is 0 Å². The maximum Gasteiger partial charge on any atom is 0.231 e. The molecule has 19 heavy (non-hydrogen) atoms. The van der Waals surface area contributed by atoms with Crippen LogP contribution in [-0.2, 0) is 13.6 Å². The van der Waals surface area contributed by atoms with Crippen molar-refractivity contribution in [1.29, 1.82) is 0 Å². The second-order valence-corrected chi connectivity index (χ2v) is 4.75. The minimum Gasteiger partial charge on any atom is -0.454 e. The Balaban J connectivity index is 2.17. The molecule has 0 spiro atoms. The van der Waals surface area contributed by atoms with Gasteiger partial charge in [-0.15, -0.1) is 0 Å². The van der Waals surface area contributed by atoms with Crippen LogP contribution >= 0.6 is 0 Å². The molecule has 0 atom stereocenters. The summed E-state index contributed by atoms with van der Waals surface area (Å²) in [6.45, 7) is 4.81. The Bertz CT molecular complexity index is 647. The molecule has 5 heteroatoms. The summed E-state index contributed by atoms with van der Waals surface area (Å²) in [6.07, 6.45) is 0. The largest absolute Gasteiger partial charge is 0.454 e. The predicted molar refractivity (Wildman–Crippen MR) is 72.1 cm³/mol. The van der Waals surface area contributed by atoms with E-state index >= 15 is 0 Å². The third-order valence-electron chi connectivity index (χ3n) is 3.63. The zero-order chi connectivity index (χ0) is 13.6. The average molecular weight is 259 g/mol. The zero-order valence-corrected chi connectivity index (χ0v) is 11.4. The van der Waals surface area contributed by atoms with Gasteiger partial charge in [-0.25, -0.2) is 4.98 Å². The molecule has 0 unspecified atom stereocenters. The molecule has 0 amide bonds. The van der Waals surface area contributed by atoms with Crippen molar-refractivity contribution in [3.05, 3.63) is 29.2 Å². The molecule has 100 valence electrons. The summed E-state index contributed by atoms with van der Waals surface area (Å²) in [5.74, 6) is 2.46. The van der Waals surface area contributed by atoms with Crippen LogP contribution in [0.5, 0.6) is 11.5 Å². The first-order valence-electron chi connectivity index (χ1n) is 6.24. The smallest absolute Gasteiger partial charge is 0.231 e. The average Bonchev–Trinajstić information content (AvgIpc) is 2.95. The van der Waals surface area contributed by atoms with Crippen LogP contribution < -0.4 is 15.2 Å². The van der Waals surface area contributed by atoms with E-state index in [-0.39, 0.29) is 6.79 Å². The number of aryl methyl sites for hydroxylation is 1. The van der Waals surface area contributed by atoms with Gasteiger partial charge in [0.1, 0.15) is 5.82 Å². The second-order valence-electron chi connectivity index (χ2n) is 4.75. The Morgan fingerprint density at radius 2 is 1.95 bits per heavy atom. The minimum absolute atomic E-state index is 0.285. The van der Waals surface area contributed by atoms with Gasteiger partial charge >= 0.3 is 0 Å². The molecule has 1 aliphatic rings. The molecular weight excluding hydrogens is 242 g/mol. The molecule has 0 saturated carbocycles. The van der Waals surface area contributed by atoms with Gasteiger partial charge in [-0.2, -0.15) is 0 Å². The van der Waals surface area contributed by atoms with Gasteiger partial charge in [0.05, 0.1) is 12.2 Å². The van der Waals surface area contributed by atoms with E-state index in [0.29, 0.717) is 6.54 Å². The summed E-state index contributed by atoms with van der Waals surface area (Å²) < 4.78 is 12.8. The fourth-order valence-corrected chi connectivity index (χ4v) is 2.37. The lowest BCUT2D eigenvalue weighted by molar-refractivity contribution is 0.174. The maximum atomic E-state index is 5.71. The number of ether oxygens (including phenoxy) is 2. The summed E-state index contributed by atoms with van der Waals surface area (Å²) in [7, 11) is 1.98. The number of aromatic nitrogens is 2. The van der Waals surface area contributed by atoms with E-state index in [1.54, 1.807) is 0 Å². The standard InChI is InChI=1S/C14H17N3O2/c1-8-4-11-12(19-7-18-11)5-10(8)14-9(2)17(3)13(6-15)16-14/h4-5H,6-7,15H2,1-3H3. The summed E-state index contributed by atoms with van der Waals surface area (Å²) >= 11 is 0. The van der Waals surface area contributed by atoms with Crippen LogP contribution in [0.25, 0.3) is 11.3 Å². The van der Waals surface area contributed by atoms with Crippen LogP contribution in [0, 0.1) is 13.8 Å². The number of nitrogens with two attached hydrogens (primary N) is 1. The van der Waals surface area contributed by atoms with Gasteiger partial charge in [0.2, 0.25) is 6.79 Å². The number of benzene rings is 1. The van der Waals surface area contributed by atoms with E-state index in [2.05, 4.69) is 4.98 Å². The number of nitrogens with zero attached hydrogens (tertiary/aromatic N) is 2. The van der Waals surface area contributed by atoms with E-state index in [0.717, 1.165) is 39.8 Å². The number of rotatable bonds is 2. The molecule has 1 aromatic heterocycles. The van der Waals surface area contributed by atoms with E-state index in [1.807, 2.05) is 37.6 Å². The number of hydrogen-bond acceptors (Lipinski definition) is 4. The summed E-state index contributed by atoms with van der Waals surface area (Å²) in [5.41, 5.74) is 9.95. The van der Waals surface area contributed by atoms with E-state index in [1.165, 1.54) is 0 Å². The van der Waals surface area contributed by atoms with Crippen molar-refractivity contribution in [2.45, 2.75) is 20.4 Å². The van der Waals surface area contributed by atoms with E-state index in [9.17, 15) is 0 Å². The van der Waals surface area contributed by atoms with Crippen LogP contribution in [-0.4, -0.2) is 16.3 Å². The lowest BCUT2D eigenvalue weighted by Crippen LogP contribution is -2.05. The van der Waals surface area contributed by atoms with Gasteiger partial charge in [0.25, 0.3) is 0 Å². The highest BCUT2D eigenvalue weighted by molar-refractivity contribution is 5.70. The molecule has 1 aromatic carbocycles. The normalized spacial score (nSPS) is 13.1. The van der Waals surface area contributed by atoms with Gasteiger partial charge in [0, 0.05) is 18.3 Å². The van der Waals surface area contributed by atoms with Crippen molar-refractivity contribution in [2.75, 3.05) is 6.79 Å². The lowest BCUT2D eigenvalue weighted by Gasteiger charge is -2.06. The summed E-state index contributed by atoms with van der Waals surface area (Å²) in [5, 5.41) is 0. The van der Waals surface area contributed by atoms with Crippen molar-refractivity contribution in [1.82, 2.24) is 9.55 Å². The Hall–Kier alpha value is -2.01. The third-order valence-corrected chi connectivity index (χ3v) is 3.63. The monoisotopic (exact) mass is 259 g/mol. The molecule has 5 nitrogen and oxygen atoms in total. The molecule has 3 rings (SSSR count). The van der Waals surface area contributed by atoms with Crippen LogP contribution in [0.4, 0.5) is 0 Å². The predicted octanol–water partition coefficient (Wildman–Crippen LogP) is 1.89. The first-order valence-corrected chi connectivity index (χ1v) is 6.24. The van der Waals surface area contributed by atoms with Crippen LogP contribution in [0.2, 0.25) is 0 Å². The molecule has 0 fully saturated rings. The molecule has 2 N–H and O–H groups in total. The van der Waals surface area contributed by atoms with Crippen molar-refractivity contribution in [3.8, 4) is 22.8 Å². The van der Waals surface area contributed by atoms with Gasteiger partial charge in [0.15, 0.2) is 11.5 Å². The topological polar surface area (TPSA) is 62.3 Å². The Morgan fingerprint density at radius 1 is 1.26 bits per heavy atom. The molecule has 0 bridgehead atoms. The highest BCUT2D eigenvalue weighted by Gasteiger charge is 2.20. The Morgan fingerprint density at radius 3 is 2.58 bits per heavy atom. The summed E-state index contributed by atoms with van der Waals surface area (Å²) in [4.78, 5) is 4.63. The summed E-state index contributed by atoms with van der Waals surface area (Å²) in [6, 6.07) is 3.99. The highest BCUT2D eigenvalue weighted by Crippen LogP contribution is 2.38. The molecule has 0 aliphatic carbocycles. The van der Waals surface area contributed by atoms with Crippen molar-refractivity contribution < 1.29 is 9.47 Å². The number of hydrogen-bond donors (Lipinski definition) is 1. The quantitative estimate of drug-likeness (QED) is 0.894. The SMILES string of the molecule is Cc1cc2c(cc1-c1nc(CN)n(C)c1C)OCO2. The molecule has 1 aliphatic heterocycles. The Labute approximate surface area is 112 Å². The van der Waals surface area contributed by atoms with Crippen molar-refractivity contribution in [2.24, 2.45) is 12.8 Å². The Kier molecular flexibility index (Phi) is 2.71. The third kappa shape index (κ3) is 1.77. The van der Waals surface area contributed by atoms with Crippen LogP contribution in [0.3, 0.4) is 0 Å². The molecule has 2 aromatic rings.